The average Bonchev–Trinajstić information content (AvgIpc) is 2.30. The molecule has 0 saturated carbocycles. The van der Waals surface area contributed by atoms with E-state index in [2.05, 4.69) is 17.1 Å². The lowest BCUT2D eigenvalue weighted by atomic mass is 9.93. The Balaban J connectivity index is 1.75. The lowest BCUT2D eigenvalue weighted by molar-refractivity contribution is 0.0659. The van der Waals surface area contributed by atoms with Crippen molar-refractivity contribution in [3.63, 3.8) is 0 Å². The quantitative estimate of drug-likeness (QED) is 0.789. The summed E-state index contributed by atoms with van der Waals surface area (Å²) in [6.07, 6.45) is 5.31. The molecule has 2 saturated heterocycles. The van der Waals surface area contributed by atoms with Crippen LogP contribution in [0, 0.1) is 5.92 Å². The summed E-state index contributed by atoms with van der Waals surface area (Å²) < 4.78 is 5.25. The average molecular weight is 226 g/mol. The van der Waals surface area contributed by atoms with Gasteiger partial charge in [0.1, 0.15) is 0 Å². The van der Waals surface area contributed by atoms with E-state index < -0.39 is 0 Å². The molecule has 94 valence electrons. The van der Waals surface area contributed by atoms with Crippen LogP contribution in [0.5, 0.6) is 0 Å². The third-order valence-electron chi connectivity index (χ3n) is 4.16. The standard InChI is InChI=1S/C13H26N2O/c1-11-9-13(3-6-14-11)15-7-4-12(5-8-15)10-16-2/h11-14H,3-10H2,1-2H3. The Hall–Kier alpha value is -0.120. The summed E-state index contributed by atoms with van der Waals surface area (Å²) >= 11 is 0. The first kappa shape index (κ1) is 12.3. The van der Waals surface area contributed by atoms with Crippen molar-refractivity contribution < 1.29 is 4.74 Å². The fourth-order valence-corrected chi connectivity index (χ4v) is 3.16. The number of piperidine rings is 2. The molecule has 3 heteroatoms. The summed E-state index contributed by atoms with van der Waals surface area (Å²) in [5.74, 6) is 0.806. The minimum absolute atomic E-state index is 0.704. The molecule has 2 atom stereocenters. The SMILES string of the molecule is COCC1CCN(C2CCNC(C)C2)CC1. The zero-order valence-electron chi connectivity index (χ0n) is 10.7. The van der Waals surface area contributed by atoms with Crippen LogP contribution in [-0.4, -0.2) is 50.3 Å². The van der Waals surface area contributed by atoms with E-state index in [1.807, 2.05) is 7.11 Å². The predicted octanol–water partition coefficient (Wildman–Crippen LogP) is 1.49. The molecule has 0 aromatic rings. The molecule has 2 rings (SSSR count). The molecule has 2 aliphatic rings. The molecule has 2 unspecified atom stereocenters. The lowest BCUT2D eigenvalue weighted by Gasteiger charge is -2.41. The fraction of sp³-hybridized carbons (Fsp3) is 1.00. The molecule has 2 aliphatic heterocycles. The Kier molecular flexibility index (Phi) is 4.62. The van der Waals surface area contributed by atoms with E-state index in [1.165, 1.54) is 45.3 Å². The lowest BCUT2D eigenvalue weighted by Crippen LogP contribution is -2.49. The molecule has 0 bridgehead atoms. The first-order valence-corrected chi connectivity index (χ1v) is 6.76. The van der Waals surface area contributed by atoms with Crippen molar-refractivity contribution >= 4 is 0 Å². The number of nitrogens with one attached hydrogen (secondary N) is 1. The number of ether oxygens (including phenoxy) is 1. The third kappa shape index (κ3) is 3.19. The van der Waals surface area contributed by atoms with Gasteiger partial charge in [0.05, 0.1) is 0 Å². The van der Waals surface area contributed by atoms with Crippen LogP contribution in [0.4, 0.5) is 0 Å². The highest BCUT2D eigenvalue weighted by molar-refractivity contribution is 4.85. The van der Waals surface area contributed by atoms with E-state index in [-0.39, 0.29) is 0 Å². The minimum Gasteiger partial charge on any atom is -0.384 e. The van der Waals surface area contributed by atoms with Gasteiger partial charge in [0.2, 0.25) is 0 Å². The molecule has 1 N–H and O–H groups in total. The van der Waals surface area contributed by atoms with Crippen molar-refractivity contribution in [1.29, 1.82) is 0 Å². The summed E-state index contributed by atoms with van der Waals surface area (Å²) in [4.78, 5) is 2.71. The van der Waals surface area contributed by atoms with E-state index in [1.54, 1.807) is 0 Å². The second-order valence-corrected chi connectivity index (χ2v) is 5.47. The van der Waals surface area contributed by atoms with Gasteiger partial charge in [-0.1, -0.05) is 0 Å². The Morgan fingerprint density at radius 3 is 2.62 bits per heavy atom. The van der Waals surface area contributed by atoms with Crippen LogP contribution in [0.2, 0.25) is 0 Å². The van der Waals surface area contributed by atoms with Crippen molar-refractivity contribution in [3.8, 4) is 0 Å². The van der Waals surface area contributed by atoms with Crippen molar-refractivity contribution in [2.45, 2.75) is 44.7 Å². The molecule has 0 aliphatic carbocycles. The fourth-order valence-electron chi connectivity index (χ4n) is 3.16. The number of methoxy groups -OCH3 is 1. The highest BCUT2D eigenvalue weighted by Gasteiger charge is 2.27. The predicted molar refractivity (Wildman–Crippen MR) is 66.7 cm³/mol. The number of hydrogen-bond acceptors (Lipinski definition) is 3. The van der Waals surface area contributed by atoms with Gasteiger partial charge in [-0.2, -0.15) is 0 Å². The summed E-state index contributed by atoms with van der Waals surface area (Å²) in [5.41, 5.74) is 0. The van der Waals surface area contributed by atoms with Gasteiger partial charge < -0.3 is 15.0 Å². The van der Waals surface area contributed by atoms with Gasteiger partial charge in [0.15, 0.2) is 0 Å². The Labute approximate surface area is 99.5 Å². The van der Waals surface area contributed by atoms with E-state index in [9.17, 15) is 0 Å². The van der Waals surface area contributed by atoms with E-state index >= 15 is 0 Å². The molecule has 16 heavy (non-hydrogen) atoms. The number of hydrogen-bond donors (Lipinski definition) is 1. The van der Waals surface area contributed by atoms with Crippen LogP contribution in [0.25, 0.3) is 0 Å². The summed E-state index contributed by atoms with van der Waals surface area (Å²) in [6, 6.07) is 1.54. The topological polar surface area (TPSA) is 24.5 Å². The van der Waals surface area contributed by atoms with Crippen LogP contribution >= 0.6 is 0 Å². The minimum atomic E-state index is 0.704. The molecular formula is C13H26N2O. The third-order valence-corrected chi connectivity index (χ3v) is 4.16. The van der Waals surface area contributed by atoms with Crippen molar-refractivity contribution in [2.24, 2.45) is 5.92 Å². The zero-order valence-corrected chi connectivity index (χ0v) is 10.7. The Morgan fingerprint density at radius 2 is 2.00 bits per heavy atom. The monoisotopic (exact) mass is 226 g/mol. The number of nitrogens with zero attached hydrogens (tertiary/aromatic N) is 1. The van der Waals surface area contributed by atoms with Crippen molar-refractivity contribution in [3.05, 3.63) is 0 Å². The highest BCUT2D eigenvalue weighted by Crippen LogP contribution is 2.23. The molecule has 0 spiro atoms. The molecule has 0 aromatic carbocycles. The molecule has 2 fully saturated rings. The molecular weight excluding hydrogens is 200 g/mol. The van der Waals surface area contributed by atoms with Gasteiger partial charge in [0.25, 0.3) is 0 Å². The number of rotatable bonds is 3. The van der Waals surface area contributed by atoms with Gasteiger partial charge in [-0.25, -0.2) is 0 Å². The van der Waals surface area contributed by atoms with Gasteiger partial charge >= 0.3 is 0 Å². The highest BCUT2D eigenvalue weighted by atomic mass is 16.5. The van der Waals surface area contributed by atoms with Crippen LogP contribution in [0.1, 0.15) is 32.6 Å². The molecule has 2 heterocycles. The largest absolute Gasteiger partial charge is 0.384 e. The molecule has 3 nitrogen and oxygen atoms in total. The van der Waals surface area contributed by atoms with E-state index in [0.717, 1.165) is 18.6 Å². The van der Waals surface area contributed by atoms with Crippen LogP contribution in [0.15, 0.2) is 0 Å². The van der Waals surface area contributed by atoms with Gasteiger partial charge in [0, 0.05) is 25.8 Å². The van der Waals surface area contributed by atoms with Gasteiger partial charge in [-0.15, -0.1) is 0 Å². The first-order valence-electron chi connectivity index (χ1n) is 6.76. The first-order chi connectivity index (χ1) is 7.79. The summed E-state index contributed by atoms with van der Waals surface area (Å²) in [5, 5.41) is 3.53. The smallest absolute Gasteiger partial charge is 0.0491 e. The van der Waals surface area contributed by atoms with E-state index in [4.69, 9.17) is 4.74 Å². The summed E-state index contributed by atoms with van der Waals surface area (Å²) in [7, 11) is 1.82. The van der Waals surface area contributed by atoms with Gasteiger partial charge in [-0.3, -0.25) is 0 Å². The van der Waals surface area contributed by atoms with Crippen molar-refractivity contribution in [1.82, 2.24) is 10.2 Å². The van der Waals surface area contributed by atoms with Crippen LogP contribution in [0.3, 0.4) is 0 Å². The maximum Gasteiger partial charge on any atom is 0.0491 e. The maximum atomic E-state index is 5.25. The second kappa shape index (κ2) is 5.99. The molecule has 0 aromatic heterocycles. The molecule has 0 radical (unpaired) electrons. The molecule has 0 amide bonds. The van der Waals surface area contributed by atoms with Gasteiger partial charge in [-0.05, 0) is 58.2 Å². The van der Waals surface area contributed by atoms with E-state index in [0.29, 0.717) is 6.04 Å². The van der Waals surface area contributed by atoms with Crippen LogP contribution < -0.4 is 5.32 Å². The normalized spacial score (nSPS) is 34.1. The number of likely N-dealkylation sites (tertiary alicyclic amines) is 1. The van der Waals surface area contributed by atoms with Crippen molar-refractivity contribution in [2.75, 3.05) is 33.4 Å². The second-order valence-electron chi connectivity index (χ2n) is 5.47. The van der Waals surface area contributed by atoms with Crippen LogP contribution in [-0.2, 0) is 4.74 Å². The maximum absolute atomic E-state index is 5.25. The Morgan fingerprint density at radius 1 is 1.25 bits per heavy atom. The summed E-state index contributed by atoms with van der Waals surface area (Å²) in [6.45, 7) is 7.03. The Bertz CT molecular complexity index is 202. The zero-order chi connectivity index (χ0) is 11.4.